The van der Waals surface area contributed by atoms with E-state index < -0.39 is 5.82 Å². The van der Waals surface area contributed by atoms with E-state index in [0.717, 1.165) is 17.5 Å². The van der Waals surface area contributed by atoms with Crippen LogP contribution in [0, 0.1) is 5.82 Å². The van der Waals surface area contributed by atoms with Crippen LogP contribution in [0.3, 0.4) is 0 Å². The summed E-state index contributed by atoms with van der Waals surface area (Å²) >= 11 is 0. The first kappa shape index (κ1) is 21.0. The summed E-state index contributed by atoms with van der Waals surface area (Å²) in [7, 11) is 0. The second-order valence-corrected chi connectivity index (χ2v) is 6.28. The molecule has 2 amide bonds. The molecule has 0 spiro atoms. The van der Waals surface area contributed by atoms with Crippen molar-refractivity contribution in [1.82, 2.24) is 24.7 Å². The smallest absolute Gasteiger partial charge is 0.319 e. The van der Waals surface area contributed by atoms with Crippen LogP contribution in [0.2, 0.25) is 0 Å². The number of anilines is 2. The van der Waals surface area contributed by atoms with E-state index in [9.17, 15) is 9.18 Å². The van der Waals surface area contributed by atoms with Crippen molar-refractivity contribution in [3.8, 4) is 22.6 Å². The molecule has 30 heavy (non-hydrogen) atoms. The Morgan fingerprint density at radius 1 is 1.17 bits per heavy atom. The number of rotatable bonds is 4. The van der Waals surface area contributed by atoms with Gasteiger partial charge in [-0.3, -0.25) is 4.40 Å². The van der Waals surface area contributed by atoms with E-state index >= 15 is 0 Å². The first-order valence-corrected chi connectivity index (χ1v) is 8.96. The van der Waals surface area contributed by atoms with E-state index in [1.54, 1.807) is 12.3 Å². The topological polar surface area (TPSA) is 110 Å². The Balaban J connectivity index is 0.00000256. The molecule has 4 N–H and O–H groups in total. The van der Waals surface area contributed by atoms with Crippen molar-refractivity contribution < 1.29 is 9.18 Å². The maximum atomic E-state index is 13.3. The summed E-state index contributed by atoms with van der Waals surface area (Å²) in [6.45, 7) is 2.40. The van der Waals surface area contributed by atoms with Gasteiger partial charge < -0.3 is 16.4 Å². The first-order chi connectivity index (χ1) is 14.0. The molecule has 8 nitrogen and oxygen atoms in total. The highest BCUT2D eigenvalue weighted by Crippen LogP contribution is 2.26. The number of imidazole rings is 1. The number of nitrogens with zero attached hydrogens (tertiary/aromatic N) is 4. The Labute approximate surface area is 177 Å². The number of nitrogens with one attached hydrogen (secondary N) is 2. The fraction of sp³-hybridized carbons (Fsp3) is 0.100. The maximum Gasteiger partial charge on any atom is 0.319 e. The molecule has 0 fully saturated rings. The number of halogens is 2. The zero-order valence-electron chi connectivity index (χ0n) is 16.0. The average molecular weight is 428 g/mol. The molecule has 0 unspecified atom stereocenters. The molecule has 0 aliphatic heterocycles. The molecule has 3 heterocycles. The predicted molar refractivity (Wildman–Crippen MR) is 116 cm³/mol. The minimum Gasteiger partial charge on any atom is -0.381 e. The van der Waals surface area contributed by atoms with Gasteiger partial charge in [0, 0.05) is 29.6 Å². The van der Waals surface area contributed by atoms with Gasteiger partial charge in [0.05, 0.1) is 18.1 Å². The Hall–Kier alpha value is -3.72. The van der Waals surface area contributed by atoms with Crippen molar-refractivity contribution in [3.05, 3.63) is 60.8 Å². The third-order valence-electron chi connectivity index (χ3n) is 4.30. The molecular weight excluding hydrogens is 409 g/mol. The molecule has 0 saturated heterocycles. The lowest BCUT2D eigenvalue weighted by molar-refractivity contribution is 0.252. The van der Waals surface area contributed by atoms with Gasteiger partial charge in [0.25, 0.3) is 0 Å². The number of benzene rings is 1. The number of urea groups is 1. The fourth-order valence-electron chi connectivity index (χ4n) is 2.94. The summed E-state index contributed by atoms with van der Waals surface area (Å²) in [4.78, 5) is 24.2. The van der Waals surface area contributed by atoms with Gasteiger partial charge >= 0.3 is 6.03 Å². The van der Waals surface area contributed by atoms with Crippen LogP contribution in [0.25, 0.3) is 28.3 Å². The lowest BCUT2D eigenvalue weighted by atomic mass is 10.1. The van der Waals surface area contributed by atoms with E-state index in [2.05, 4.69) is 25.6 Å². The largest absolute Gasteiger partial charge is 0.381 e. The molecule has 0 atom stereocenters. The number of hydrogen-bond acceptors (Lipinski definition) is 5. The fourth-order valence-corrected chi connectivity index (χ4v) is 2.94. The van der Waals surface area contributed by atoms with Crippen LogP contribution in [0.1, 0.15) is 6.92 Å². The summed E-state index contributed by atoms with van der Waals surface area (Å²) in [5.74, 6) is -0.529. The summed E-state index contributed by atoms with van der Waals surface area (Å²) in [6.07, 6.45) is 4.62. The summed E-state index contributed by atoms with van der Waals surface area (Å²) in [5, 5.41) is 5.49. The molecule has 4 rings (SSSR count). The van der Waals surface area contributed by atoms with Gasteiger partial charge in [-0.25, -0.2) is 24.1 Å². The molecule has 0 aliphatic rings. The quantitative estimate of drug-likeness (QED) is 0.459. The van der Waals surface area contributed by atoms with Crippen molar-refractivity contribution in [3.63, 3.8) is 0 Å². The van der Waals surface area contributed by atoms with Crippen LogP contribution in [0.15, 0.2) is 55.0 Å². The molecule has 1 aromatic carbocycles. The Bertz CT molecular complexity index is 1210. The molecule has 3 aromatic heterocycles. The van der Waals surface area contributed by atoms with Crippen LogP contribution in [0.4, 0.5) is 20.7 Å². The van der Waals surface area contributed by atoms with E-state index in [-0.39, 0.29) is 24.3 Å². The number of carbonyl (C=O) groups excluding carboxylic acids is 1. The standard InChI is InChI=1S/C20H18FN7O.ClH/c1-2-23-20(29)26-14-5-3-4-12(8-14)16-11-24-17-9-13(6-7-28(16)17)19-25-10-15(21)18(22)27-19;/h3-11H,2H2,1H3,(H2,22,25,27)(H2,23,26,29);1H. The third-order valence-corrected chi connectivity index (χ3v) is 4.30. The summed E-state index contributed by atoms with van der Waals surface area (Å²) < 4.78 is 15.2. The number of carbonyl (C=O) groups is 1. The zero-order chi connectivity index (χ0) is 20.4. The first-order valence-electron chi connectivity index (χ1n) is 8.96. The SMILES string of the molecule is CCNC(=O)Nc1cccc(-c2cnc3cc(-c4ncc(F)c(N)n4)ccn23)c1.Cl. The molecule has 0 bridgehead atoms. The molecule has 154 valence electrons. The second-order valence-electron chi connectivity index (χ2n) is 6.28. The van der Waals surface area contributed by atoms with Crippen LogP contribution >= 0.6 is 12.4 Å². The lowest BCUT2D eigenvalue weighted by Gasteiger charge is -2.08. The lowest BCUT2D eigenvalue weighted by Crippen LogP contribution is -2.28. The van der Waals surface area contributed by atoms with Gasteiger partial charge in [-0.1, -0.05) is 12.1 Å². The number of fused-ring (bicyclic) bond motifs is 1. The van der Waals surface area contributed by atoms with Gasteiger partial charge in [0.2, 0.25) is 0 Å². The van der Waals surface area contributed by atoms with Crippen molar-refractivity contribution in [2.75, 3.05) is 17.6 Å². The van der Waals surface area contributed by atoms with Crippen LogP contribution in [-0.2, 0) is 0 Å². The number of pyridine rings is 1. The molecule has 0 aliphatic carbocycles. The second kappa shape index (κ2) is 8.75. The number of nitrogens with two attached hydrogens (primary N) is 1. The van der Waals surface area contributed by atoms with Gasteiger partial charge in [-0.15, -0.1) is 12.4 Å². The minimum absolute atomic E-state index is 0. The Kier molecular flexibility index (Phi) is 6.12. The van der Waals surface area contributed by atoms with Crippen molar-refractivity contribution in [2.24, 2.45) is 0 Å². The van der Waals surface area contributed by atoms with Crippen LogP contribution < -0.4 is 16.4 Å². The Morgan fingerprint density at radius 3 is 2.77 bits per heavy atom. The molecule has 0 saturated carbocycles. The summed E-state index contributed by atoms with van der Waals surface area (Å²) in [6, 6.07) is 10.8. The Morgan fingerprint density at radius 2 is 2.00 bits per heavy atom. The minimum atomic E-state index is -0.654. The van der Waals surface area contributed by atoms with E-state index in [1.165, 1.54) is 0 Å². The average Bonchev–Trinajstić information content (AvgIpc) is 3.13. The van der Waals surface area contributed by atoms with Crippen LogP contribution in [0.5, 0.6) is 0 Å². The van der Waals surface area contributed by atoms with Crippen molar-refractivity contribution in [2.45, 2.75) is 6.92 Å². The van der Waals surface area contributed by atoms with Gasteiger partial charge in [-0.05, 0) is 31.2 Å². The third kappa shape index (κ3) is 4.15. The number of amides is 2. The number of hydrogen-bond donors (Lipinski definition) is 3. The monoisotopic (exact) mass is 427 g/mol. The number of aromatic nitrogens is 4. The van der Waals surface area contributed by atoms with E-state index in [1.807, 2.05) is 47.9 Å². The van der Waals surface area contributed by atoms with E-state index in [4.69, 9.17) is 5.73 Å². The van der Waals surface area contributed by atoms with E-state index in [0.29, 0.717) is 29.3 Å². The van der Waals surface area contributed by atoms with Gasteiger partial charge in [0.15, 0.2) is 17.5 Å². The predicted octanol–water partition coefficient (Wildman–Crippen LogP) is 3.74. The van der Waals surface area contributed by atoms with Crippen molar-refractivity contribution in [1.29, 1.82) is 0 Å². The van der Waals surface area contributed by atoms with Crippen LogP contribution in [-0.4, -0.2) is 31.9 Å². The molecular formula is C20H19ClFN7O. The normalized spacial score (nSPS) is 10.5. The molecule has 10 heteroatoms. The highest BCUT2D eigenvalue weighted by atomic mass is 35.5. The maximum absolute atomic E-state index is 13.3. The number of nitrogen functional groups attached to an aromatic ring is 1. The summed E-state index contributed by atoms with van der Waals surface area (Å²) in [5.41, 5.74) is 9.30. The highest BCUT2D eigenvalue weighted by Gasteiger charge is 2.11. The highest BCUT2D eigenvalue weighted by molar-refractivity contribution is 5.90. The van der Waals surface area contributed by atoms with Crippen molar-refractivity contribution >= 4 is 35.6 Å². The molecule has 0 radical (unpaired) electrons. The van der Waals surface area contributed by atoms with Gasteiger partial charge in [-0.2, -0.15) is 0 Å². The van der Waals surface area contributed by atoms with Gasteiger partial charge in [0.1, 0.15) is 5.65 Å². The molecule has 4 aromatic rings. The zero-order valence-corrected chi connectivity index (χ0v) is 16.8.